The summed E-state index contributed by atoms with van der Waals surface area (Å²) in [4.78, 5) is 22.6. The monoisotopic (exact) mass is 275 g/mol. The van der Waals surface area contributed by atoms with Crippen LogP contribution in [0, 0.1) is 0 Å². The van der Waals surface area contributed by atoms with Gasteiger partial charge in [-0.05, 0) is 30.3 Å². The van der Waals surface area contributed by atoms with E-state index in [1.165, 1.54) is 29.9 Å². The third-order valence-electron chi connectivity index (χ3n) is 2.92. The number of nitrogens with zero attached hydrogens (tertiary/aromatic N) is 1. The number of methoxy groups -OCH3 is 1. The van der Waals surface area contributed by atoms with Gasteiger partial charge in [-0.3, -0.25) is 4.79 Å². The highest BCUT2D eigenvalue weighted by Gasteiger charge is 2.15. The molecule has 1 aromatic carbocycles. The molecule has 6 heteroatoms. The fourth-order valence-electron chi connectivity index (χ4n) is 1.96. The lowest BCUT2D eigenvalue weighted by molar-refractivity contribution is 0.0597. The summed E-state index contributed by atoms with van der Waals surface area (Å²) < 4.78 is 6.07. The first-order valence-electron chi connectivity index (χ1n) is 5.80. The van der Waals surface area contributed by atoms with Crippen LogP contribution in [0.15, 0.2) is 30.3 Å². The average molecular weight is 275 g/mol. The van der Waals surface area contributed by atoms with Gasteiger partial charge < -0.3 is 19.5 Å². The normalized spacial score (nSPS) is 10.3. The van der Waals surface area contributed by atoms with Crippen molar-refractivity contribution in [2.75, 3.05) is 7.11 Å². The molecular weight excluding hydrogens is 262 g/mol. The highest BCUT2D eigenvalue weighted by atomic mass is 16.5. The number of aldehydes is 1. The van der Waals surface area contributed by atoms with Crippen LogP contribution >= 0.6 is 0 Å². The van der Waals surface area contributed by atoms with Crippen molar-refractivity contribution in [3.8, 4) is 11.4 Å². The number of aromatic hydroxyl groups is 1. The molecule has 0 bridgehead atoms. The Bertz CT molecular complexity index is 660. The van der Waals surface area contributed by atoms with Crippen LogP contribution in [-0.4, -0.2) is 34.1 Å². The maximum atomic E-state index is 11.6. The summed E-state index contributed by atoms with van der Waals surface area (Å²) in [6.45, 7) is -0.262. The Hall–Kier alpha value is -2.60. The molecule has 2 N–H and O–H groups in total. The summed E-state index contributed by atoms with van der Waals surface area (Å²) in [5, 5.41) is 18.9. The second-order valence-electron chi connectivity index (χ2n) is 4.05. The lowest BCUT2D eigenvalue weighted by atomic mass is 10.1. The van der Waals surface area contributed by atoms with Crippen LogP contribution in [0.4, 0.5) is 0 Å². The quantitative estimate of drug-likeness (QED) is 0.648. The van der Waals surface area contributed by atoms with E-state index in [0.717, 1.165) is 0 Å². The van der Waals surface area contributed by atoms with Gasteiger partial charge in [0.15, 0.2) is 6.29 Å². The zero-order valence-electron chi connectivity index (χ0n) is 10.7. The van der Waals surface area contributed by atoms with Crippen molar-refractivity contribution in [3.05, 3.63) is 47.3 Å². The van der Waals surface area contributed by atoms with Gasteiger partial charge >= 0.3 is 5.97 Å². The van der Waals surface area contributed by atoms with Gasteiger partial charge in [-0.15, -0.1) is 0 Å². The fourth-order valence-corrected chi connectivity index (χ4v) is 1.96. The number of carbonyl (C=O) groups is 2. The molecule has 0 saturated heterocycles. The molecule has 20 heavy (non-hydrogen) atoms. The highest BCUT2D eigenvalue weighted by Crippen LogP contribution is 2.24. The number of aromatic nitrogens is 1. The van der Waals surface area contributed by atoms with E-state index in [-0.39, 0.29) is 17.9 Å². The largest absolute Gasteiger partial charge is 0.507 e. The molecule has 0 aliphatic heterocycles. The molecule has 0 fully saturated rings. The first-order valence-corrected chi connectivity index (χ1v) is 5.80. The Morgan fingerprint density at radius 1 is 1.35 bits per heavy atom. The van der Waals surface area contributed by atoms with Gasteiger partial charge in [-0.2, -0.15) is 0 Å². The maximum Gasteiger partial charge on any atom is 0.341 e. The lowest BCUT2D eigenvalue weighted by Crippen LogP contribution is -2.07. The van der Waals surface area contributed by atoms with Crippen LogP contribution in [-0.2, 0) is 11.3 Å². The number of rotatable bonds is 4. The van der Waals surface area contributed by atoms with E-state index in [1.54, 1.807) is 12.1 Å². The average Bonchev–Trinajstić information content (AvgIpc) is 2.90. The van der Waals surface area contributed by atoms with Crippen LogP contribution in [0.2, 0.25) is 0 Å². The molecule has 0 spiro atoms. The van der Waals surface area contributed by atoms with Crippen molar-refractivity contribution in [2.24, 2.45) is 0 Å². The Kier molecular flexibility index (Phi) is 3.86. The topological polar surface area (TPSA) is 88.8 Å². The third-order valence-corrected chi connectivity index (χ3v) is 2.92. The number of benzene rings is 1. The van der Waals surface area contributed by atoms with Gasteiger partial charge in [0.25, 0.3) is 0 Å². The van der Waals surface area contributed by atoms with E-state index in [2.05, 4.69) is 4.74 Å². The zero-order chi connectivity index (χ0) is 14.7. The van der Waals surface area contributed by atoms with E-state index in [4.69, 9.17) is 0 Å². The van der Waals surface area contributed by atoms with Gasteiger partial charge in [-0.25, -0.2) is 4.79 Å². The SMILES string of the molecule is COC(=O)c1cc(-n2c(C=O)ccc2CO)ccc1O. The van der Waals surface area contributed by atoms with Gasteiger partial charge in [0.1, 0.15) is 11.3 Å². The number of phenolic OH excluding ortho intramolecular Hbond substituents is 1. The number of carbonyl (C=O) groups excluding carboxylic acids is 2. The molecule has 1 aromatic heterocycles. The number of phenols is 1. The summed E-state index contributed by atoms with van der Waals surface area (Å²) in [6.07, 6.45) is 0.643. The first-order chi connectivity index (χ1) is 9.62. The smallest absolute Gasteiger partial charge is 0.341 e. The van der Waals surface area contributed by atoms with Gasteiger partial charge in [0.05, 0.1) is 19.4 Å². The molecule has 0 aliphatic rings. The van der Waals surface area contributed by atoms with Crippen molar-refractivity contribution in [1.82, 2.24) is 4.57 Å². The Morgan fingerprint density at radius 3 is 2.70 bits per heavy atom. The number of aliphatic hydroxyl groups excluding tert-OH is 1. The van der Waals surface area contributed by atoms with Gasteiger partial charge in [-0.1, -0.05) is 0 Å². The number of ether oxygens (including phenoxy) is 1. The van der Waals surface area contributed by atoms with E-state index in [1.807, 2.05) is 0 Å². The van der Waals surface area contributed by atoms with E-state index in [9.17, 15) is 19.8 Å². The van der Waals surface area contributed by atoms with Crippen LogP contribution in [0.25, 0.3) is 5.69 Å². The molecule has 0 radical (unpaired) electrons. The number of hydrogen-bond acceptors (Lipinski definition) is 5. The van der Waals surface area contributed by atoms with E-state index in [0.29, 0.717) is 23.4 Å². The van der Waals surface area contributed by atoms with Gasteiger partial charge in [0, 0.05) is 11.4 Å². The molecule has 1 heterocycles. The fraction of sp³-hybridized carbons (Fsp3) is 0.143. The number of hydrogen-bond donors (Lipinski definition) is 2. The summed E-state index contributed by atoms with van der Waals surface area (Å²) >= 11 is 0. The van der Waals surface area contributed by atoms with E-state index >= 15 is 0 Å². The Labute approximate surface area is 114 Å². The first kappa shape index (κ1) is 13.8. The minimum atomic E-state index is -0.685. The summed E-state index contributed by atoms with van der Waals surface area (Å²) in [5.41, 5.74) is 1.28. The van der Waals surface area contributed by atoms with Crippen molar-refractivity contribution in [3.63, 3.8) is 0 Å². The van der Waals surface area contributed by atoms with Crippen molar-refractivity contribution < 1.29 is 24.5 Å². The molecule has 0 aliphatic carbocycles. The predicted octanol–water partition coefficient (Wildman–Crippen LogP) is 1.27. The van der Waals surface area contributed by atoms with Crippen LogP contribution in [0.1, 0.15) is 26.5 Å². The molecule has 6 nitrogen and oxygen atoms in total. The molecule has 2 rings (SSSR count). The standard InChI is InChI=1S/C14H13NO5/c1-20-14(19)12-6-9(4-5-13(12)18)15-10(7-16)2-3-11(15)8-17/h2-7,17-18H,8H2,1H3. The summed E-state index contributed by atoms with van der Waals surface area (Å²) in [6, 6.07) is 7.43. The molecule has 2 aromatic rings. The lowest BCUT2D eigenvalue weighted by Gasteiger charge is -2.11. The minimum Gasteiger partial charge on any atom is -0.507 e. The zero-order valence-corrected chi connectivity index (χ0v) is 10.7. The second kappa shape index (κ2) is 5.58. The van der Waals surface area contributed by atoms with Gasteiger partial charge in [0.2, 0.25) is 0 Å². The Balaban J connectivity index is 2.62. The maximum absolute atomic E-state index is 11.6. The third kappa shape index (κ3) is 2.28. The molecule has 0 atom stereocenters. The minimum absolute atomic E-state index is 0.0144. The van der Waals surface area contributed by atoms with Crippen molar-refractivity contribution in [2.45, 2.75) is 6.61 Å². The molecule has 0 amide bonds. The molecular formula is C14H13NO5. The van der Waals surface area contributed by atoms with Crippen LogP contribution < -0.4 is 0 Å². The van der Waals surface area contributed by atoms with Crippen molar-refractivity contribution in [1.29, 1.82) is 0 Å². The second-order valence-corrected chi connectivity index (χ2v) is 4.05. The molecule has 0 unspecified atom stereocenters. The summed E-state index contributed by atoms with van der Waals surface area (Å²) in [5.74, 6) is -0.902. The molecule has 0 saturated carbocycles. The van der Waals surface area contributed by atoms with Crippen LogP contribution in [0.5, 0.6) is 5.75 Å². The Morgan fingerprint density at radius 2 is 2.10 bits per heavy atom. The number of aliphatic hydroxyl groups is 1. The van der Waals surface area contributed by atoms with Crippen molar-refractivity contribution >= 4 is 12.3 Å². The summed E-state index contributed by atoms with van der Waals surface area (Å²) in [7, 11) is 1.21. The predicted molar refractivity (Wildman–Crippen MR) is 70.1 cm³/mol. The van der Waals surface area contributed by atoms with E-state index < -0.39 is 5.97 Å². The number of esters is 1. The van der Waals surface area contributed by atoms with Crippen LogP contribution in [0.3, 0.4) is 0 Å². The molecule has 104 valence electrons. The highest BCUT2D eigenvalue weighted by molar-refractivity contribution is 5.93.